The third kappa shape index (κ3) is 1.57. The van der Waals surface area contributed by atoms with Crippen LogP contribution in [0.4, 0.5) is 15.8 Å². The number of rotatable bonds is 1. The van der Waals surface area contributed by atoms with Crippen molar-refractivity contribution < 1.29 is 8.91 Å². The summed E-state index contributed by atoms with van der Waals surface area (Å²) < 4.78 is 18.1. The Morgan fingerprint density at radius 1 is 1.00 bits per heavy atom. The predicted molar refractivity (Wildman–Crippen MR) is 68.2 cm³/mol. The molecule has 5 heteroatoms. The van der Waals surface area contributed by atoms with Gasteiger partial charge in [0.15, 0.2) is 5.58 Å². The number of anilines is 2. The smallest absolute Gasteiger partial charge is 0.170 e. The van der Waals surface area contributed by atoms with Crippen LogP contribution in [0.2, 0.25) is 0 Å². The van der Waals surface area contributed by atoms with Gasteiger partial charge in [0.25, 0.3) is 0 Å². The van der Waals surface area contributed by atoms with E-state index < -0.39 is 0 Å². The molecule has 0 unspecified atom stereocenters. The van der Waals surface area contributed by atoms with Gasteiger partial charge in [0.1, 0.15) is 11.5 Å². The largest absolute Gasteiger partial charge is 0.397 e. The van der Waals surface area contributed by atoms with Gasteiger partial charge in [-0.25, -0.2) is 4.39 Å². The van der Waals surface area contributed by atoms with E-state index in [1.165, 1.54) is 12.1 Å². The van der Waals surface area contributed by atoms with Crippen molar-refractivity contribution in [3.8, 4) is 11.3 Å². The van der Waals surface area contributed by atoms with Gasteiger partial charge >= 0.3 is 0 Å². The van der Waals surface area contributed by atoms with Gasteiger partial charge in [0.2, 0.25) is 0 Å². The highest BCUT2D eigenvalue weighted by Crippen LogP contribution is 2.30. The summed E-state index contributed by atoms with van der Waals surface area (Å²) in [6.45, 7) is 0. The van der Waals surface area contributed by atoms with E-state index in [1.54, 1.807) is 24.3 Å². The molecule has 0 fully saturated rings. The third-order valence-electron chi connectivity index (χ3n) is 2.79. The summed E-state index contributed by atoms with van der Waals surface area (Å²) >= 11 is 0. The summed E-state index contributed by atoms with van der Waals surface area (Å²) in [5.41, 5.74) is 14.2. The molecule has 0 aliphatic carbocycles. The second-order valence-corrected chi connectivity index (χ2v) is 4.02. The average Bonchev–Trinajstić information content (AvgIpc) is 2.75. The average molecular weight is 243 g/mol. The van der Waals surface area contributed by atoms with Crippen LogP contribution in [-0.2, 0) is 0 Å². The molecule has 4 nitrogen and oxygen atoms in total. The second kappa shape index (κ2) is 3.73. The molecule has 1 heterocycles. The van der Waals surface area contributed by atoms with Gasteiger partial charge < -0.3 is 16.0 Å². The Kier molecular flexibility index (Phi) is 2.19. The zero-order chi connectivity index (χ0) is 12.7. The fourth-order valence-corrected chi connectivity index (χ4v) is 1.84. The monoisotopic (exact) mass is 243 g/mol. The standard InChI is InChI=1S/C13H10FN3O/c14-8-2-3-9-12(6-8)18-17-13(9)7-1-4-10(15)11(16)5-7/h1-6H,15-16H2. The van der Waals surface area contributed by atoms with Crippen molar-refractivity contribution in [1.82, 2.24) is 5.16 Å². The van der Waals surface area contributed by atoms with Crippen LogP contribution < -0.4 is 11.5 Å². The lowest BCUT2D eigenvalue weighted by atomic mass is 10.1. The SMILES string of the molecule is Nc1ccc(-c2noc3cc(F)ccc23)cc1N. The van der Waals surface area contributed by atoms with E-state index in [4.69, 9.17) is 16.0 Å². The van der Waals surface area contributed by atoms with Crippen molar-refractivity contribution in [3.63, 3.8) is 0 Å². The Morgan fingerprint density at radius 2 is 1.83 bits per heavy atom. The topological polar surface area (TPSA) is 78.1 Å². The van der Waals surface area contributed by atoms with Gasteiger partial charge in [-0.2, -0.15) is 0 Å². The van der Waals surface area contributed by atoms with E-state index >= 15 is 0 Å². The summed E-state index contributed by atoms with van der Waals surface area (Å²) in [5.74, 6) is -0.359. The zero-order valence-electron chi connectivity index (χ0n) is 9.35. The number of hydrogen-bond acceptors (Lipinski definition) is 4. The Bertz CT molecular complexity index is 736. The van der Waals surface area contributed by atoms with E-state index in [9.17, 15) is 4.39 Å². The van der Waals surface area contributed by atoms with Crippen LogP contribution in [-0.4, -0.2) is 5.16 Å². The minimum absolute atomic E-state index is 0.359. The van der Waals surface area contributed by atoms with Gasteiger partial charge in [-0.15, -0.1) is 0 Å². The van der Waals surface area contributed by atoms with E-state index in [0.29, 0.717) is 22.7 Å². The lowest BCUT2D eigenvalue weighted by Crippen LogP contribution is -1.94. The van der Waals surface area contributed by atoms with Crippen molar-refractivity contribution in [2.24, 2.45) is 0 Å². The Morgan fingerprint density at radius 3 is 2.61 bits per heavy atom. The third-order valence-corrected chi connectivity index (χ3v) is 2.79. The molecule has 2 aromatic carbocycles. The molecule has 3 aromatic rings. The molecular weight excluding hydrogens is 233 g/mol. The van der Waals surface area contributed by atoms with Gasteiger partial charge in [-0.05, 0) is 24.3 Å². The highest BCUT2D eigenvalue weighted by molar-refractivity contribution is 5.92. The maximum absolute atomic E-state index is 13.0. The number of halogens is 1. The minimum Gasteiger partial charge on any atom is -0.397 e. The molecule has 0 saturated carbocycles. The summed E-state index contributed by atoms with van der Waals surface area (Å²) in [6, 6.07) is 9.51. The first-order valence-electron chi connectivity index (χ1n) is 5.35. The number of benzene rings is 2. The van der Waals surface area contributed by atoms with Crippen molar-refractivity contribution >= 4 is 22.3 Å². The first-order valence-corrected chi connectivity index (χ1v) is 5.35. The lowest BCUT2D eigenvalue weighted by molar-refractivity contribution is 0.457. The highest BCUT2D eigenvalue weighted by atomic mass is 19.1. The van der Waals surface area contributed by atoms with Crippen LogP contribution in [0, 0.1) is 5.82 Å². The van der Waals surface area contributed by atoms with Gasteiger partial charge in [0.05, 0.1) is 11.4 Å². The van der Waals surface area contributed by atoms with Gasteiger partial charge in [-0.3, -0.25) is 0 Å². The minimum atomic E-state index is -0.359. The number of nitrogens with zero attached hydrogens (tertiary/aromatic N) is 1. The fraction of sp³-hybridized carbons (Fsp3) is 0. The van der Waals surface area contributed by atoms with Gasteiger partial charge in [-0.1, -0.05) is 11.2 Å². The molecule has 0 radical (unpaired) electrons. The molecule has 0 saturated heterocycles. The highest BCUT2D eigenvalue weighted by Gasteiger charge is 2.11. The van der Waals surface area contributed by atoms with Crippen LogP contribution in [0.25, 0.3) is 22.2 Å². The van der Waals surface area contributed by atoms with E-state index in [0.717, 1.165) is 10.9 Å². The molecular formula is C13H10FN3O. The summed E-state index contributed by atoms with van der Waals surface area (Å²) in [4.78, 5) is 0. The van der Waals surface area contributed by atoms with Crippen LogP contribution in [0.5, 0.6) is 0 Å². The first-order chi connectivity index (χ1) is 8.65. The zero-order valence-corrected chi connectivity index (χ0v) is 9.35. The molecule has 18 heavy (non-hydrogen) atoms. The summed E-state index contributed by atoms with van der Waals surface area (Å²) in [5, 5.41) is 4.68. The second-order valence-electron chi connectivity index (χ2n) is 4.02. The normalized spacial score (nSPS) is 10.9. The van der Waals surface area contributed by atoms with Crippen LogP contribution in [0.1, 0.15) is 0 Å². The van der Waals surface area contributed by atoms with E-state index in [-0.39, 0.29) is 5.82 Å². The van der Waals surface area contributed by atoms with Gasteiger partial charge in [0, 0.05) is 17.0 Å². The van der Waals surface area contributed by atoms with E-state index in [2.05, 4.69) is 5.16 Å². The number of nitrogens with two attached hydrogens (primary N) is 2. The van der Waals surface area contributed by atoms with Crippen LogP contribution in [0.15, 0.2) is 40.9 Å². The van der Waals surface area contributed by atoms with Crippen molar-refractivity contribution in [3.05, 3.63) is 42.2 Å². The summed E-state index contributed by atoms with van der Waals surface area (Å²) in [7, 11) is 0. The van der Waals surface area contributed by atoms with Crippen molar-refractivity contribution in [1.29, 1.82) is 0 Å². The molecule has 0 spiro atoms. The van der Waals surface area contributed by atoms with Crippen molar-refractivity contribution in [2.75, 3.05) is 11.5 Å². The molecule has 0 amide bonds. The van der Waals surface area contributed by atoms with Crippen molar-refractivity contribution in [2.45, 2.75) is 0 Å². The van der Waals surface area contributed by atoms with Crippen LogP contribution in [0.3, 0.4) is 0 Å². The quantitative estimate of drug-likeness (QED) is 0.644. The lowest BCUT2D eigenvalue weighted by Gasteiger charge is -2.02. The number of fused-ring (bicyclic) bond motifs is 1. The predicted octanol–water partition coefficient (Wildman–Crippen LogP) is 2.80. The Balaban J connectivity index is 2.22. The Hall–Kier alpha value is -2.56. The number of nitrogen functional groups attached to an aromatic ring is 2. The van der Waals surface area contributed by atoms with E-state index in [1.807, 2.05) is 0 Å². The fourth-order valence-electron chi connectivity index (χ4n) is 1.84. The molecule has 1 aromatic heterocycles. The number of aromatic nitrogens is 1. The summed E-state index contributed by atoms with van der Waals surface area (Å²) in [6.07, 6.45) is 0. The van der Waals surface area contributed by atoms with Crippen LogP contribution >= 0.6 is 0 Å². The molecule has 0 aliphatic heterocycles. The maximum atomic E-state index is 13.0. The molecule has 0 aliphatic rings. The molecule has 0 atom stereocenters. The first kappa shape index (κ1) is 10.6. The molecule has 4 N–H and O–H groups in total. The Labute approximate surface area is 102 Å². The maximum Gasteiger partial charge on any atom is 0.170 e. The number of hydrogen-bond donors (Lipinski definition) is 2. The molecule has 0 bridgehead atoms. The molecule has 3 rings (SSSR count). The molecule has 90 valence electrons.